The highest BCUT2D eigenvalue weighted by molar-refractivity contribution is 6.30. The summed E-state index contributed by atoms with van der Waals surface area (Å²) in [6.45, 7) is 5.44. The third-order valence-electron chi connectivity index (χ3n) is 17.1. The zero-order chi connectivity index (χ0) is 74.2. The number of halogens is 2. The summed E-state index contributed by atoms with van der Waals surface area (Å²) in [5.41, 5.74) is 14.3. The number of carbonyl (C=O) groups excluding carboxylic acids is 11. The zero-order valence-electron chi connectivity index (χ0n) is 57.0. The first-order valence-corrected chi connectivity index (χ1v) is 34.2. The molecule has 1 fully saturated rings. The van der Waals surface area contributed by atoms with E-state index < -0.39 is 132 Å². The first-order valence-electron chi connectivity index (χ1n) is 33.5. The van der Waals surface area contributed by atoms with Gasteiger partial charge < -0.3 is 84.7 Å². The Morgan fingerprint density at radius 3 is 1.47 bits per heavy atom. The monoisotopic (exact) mass is 1440 g/mol. The second kappa shape index (κ2) is 38.3. The SMILES string of the molecule is CC(=O)N[C@H](Cc1ccc(Cl)cc1)C(=O)N[C@H](Cc1ccc(Cl)cc1)C(=O)N[C@H](Cc1c[nH]c2ccccc12)C(=O)N[C@@H](CO)C(=O)N[C@@H](Cc1ccc(O)cc1)C(=O)N[C@H](Cc1ccccc1)C(=O)N[C@@H](CC(C)C)C(=O)N[C@@H](CCCNC(=N)N)C(=O)N1CCC[C@H]1C(=O)N[C@H](C)C(N)=O. The number of guanidine groups is 1. The van der Waals surface area contributed by atoms with E-state index in [9.17, 15) is 58.2 Å². The Hall–Kier alpha value is -10.6. The quantitative estimate of drug-likeness (QED) is 0.0152. The van der Waals surface area contributed by atoms with E-state index in [1.54, 1.807) is 123 Å². The molecule has 102 heavy (non-hydrogen) atoms. The lowest BCUT2D eigenvalue weighted by atomic mass is 9.99. The van der Waals surface area contributed by atoms with Crippen molar-refractivity contribution in [1.82, 2.24) is 63.1 Å². The number of fused-ring (bicyclic) bond motifs is 1. The molecule has 30 heteroatoms. The van der Waals surface area contributed by atoms with Crippen molar-refractivity contribution in [3.63, 3.8) is 0 Å². The van der Waals surface area contributed by atoms with Gasteiger partial charge in [-0.2, -0.15) is 0 Å². The zero-order valence-corrected chi connectivity index (χ0v) is 58.5. The van der Waals surface area contributed by atoms with E-state index in [-0.39, 0.29) is 88.5 Å². The molecule has 1 aliphatic heterocycles. The Bertz CT molecular complexity index is 3920. The van der Waals surface area contributed by atoms with E-state index in [0.29, 0.717) is 55.2 Å². The summed E-state index contributed by atoms with van der Waals surface area (Å²) in [6, 6.07) is 20.7. The van der Waals surface area contributed by atoms with Crippen LogP contribution in [0.25, 0.3) is 10.9 Å². The van der Waals surface area contributed by atoms with Crippen LogP contribution < -0.4 is 64.6 Å². The molecule has 0 bridgehead atoms. The fourth-order valence-corrected chi connectivity index (χ4v) is 12.0. The molecule has 0 radical (unpaired) electrons. The number of aromatic amines is 1. The predicted molar refractivity (Wildman–Crippen MR) is 383 cm³/mol. The Labute approximate surface area is 600 Å². The summed E-state index contributed by atoms with van der Waals surface area (Å²) >= 11 is 12.4. The van der Waals surface area contributed by atoms with Crippen LogP contribution in [0.15, 0.2) is 134 Å². The molecule has 0 saturated carbocycles. The van der Waals surface area contributed by atoms with Crippen molar-refractivity contribution in [3.05, 3.63) is 171 Å². The number of primary amides is 1. The molecule has 11 amide bonds. The number of phenolic OH excluding ortho intramolecular Hbond substituents is 1. The molecular weight excluding hydrogens is 1350 g/mol. The number of phenols is 1. The first-order chi connectivity index (χ1) is 48.6. The molecule has 544 valence electrons. The molecule has 10 atom stereocenters. The van der Waals surface area contributed by atoms with E-state index in [4.69, 9.17) is 40.1 Å². The number of benzene rings is 5. The van der Waals surface area contributed by atoms with Gasteiger partial charge >= 0.3 is 0 Å². The van der Waals surface area contributed by atoms with Crippen LogP contribution in [0.5, 0.6) is 5.75 Å². The molecule has 0 unspecified atom stereocenters. The number of aromatic hydroxyl groups is 1. The number of para-hydroxylation sites is 1. The van der Waals surface area contributed by atoms with Crippen molar-refractivity contribution >= 4 is 105 Å². The van der Waals surface area contributed by atoms with E-state index >= 15 is 4.79 Å². The molecule has 18 N–H and O–H groups in total. The fraction of sp³-hybridized carbons (Fsp3) is 0.389. The number of aliphatic hydroxyl groups is 1. The minimum absolute atomic E-state index is 0.000354. The van der Waals surface area contributed by atoms with Crippen LogP contribution in [-0.2, 0) is 84.8 Å². The molecule has 5 aromatic carbocycles. The second-order valence-corrected chi connectivity index (χ2v) is 26.5. The normalized spacial score (nSPS) is 15.3. The van der Waals surface area contributed by atoms with Gasteiger partial charge in [0.1, 0.15) is 66.2 Å². The number of nitrogens with two attached hydrogens (primary N) is 2. The van der Waals surface area contributed by atoms with Gasteiger partial charge in [-0.25, -0.2) is 0 Å². The maximum absolute atomic E-state index is 15.0. The van der Waals surface area contributed by atoms with Crippen LogP contribution in [-0.4, -0.2) is 171 Å². The van der Waals surface area contributed by atoms with Gasteiger partial charge in [0.15, 0.2) is 5.96 Å². The largest absolute Gasteiger partial charge is 0.508 e. The number of nitrogens with zero attached hydrogens (tertiary/aromatic N) is 1. The van der Waals surface area contributed by atoms with Crippen LogP contribution in [0, 0.1) is 11.3 Å². The van der Waals surface area contributed by atoms with Crippen molar-refractivity contribution < 1.29 is 63.0 Å². The number of aromatic nitrogens is 1. The smallest absolute Gasteiger partial charge is 0.245 e. The number of hydrogen-bond acceptors (Lipinski definition) is 14. The third kappa shape index (κ3) is 24.1. The van der Waals surface area contributed by atoms with Gasteiger partial charge in [0.2, 0.25) is 65.0 Å². The minimum atomic E-state index is -1.83. The van der Waals surface area contributed by atoms with Crippen molar-refractivity contribution in [1.29, 1.82) is 5.41 Å². The Kier molecular flexibility index (Phi) is 29.6. The van der Waals surface area contributed by atoms with Crippen molar-refractivity contribution in [2.75, 3.05) is 19.7 Å². The maximum atomic E-state index is 15.0. The number of amides is 11. The van der Waals surface area contributed by atoms with Crippen LogP contribution in [0.2, 0.25) is 10.0 Å². The average Bonchev–Trinajstić information content (AvgIpc) is 1.65. The summed E-state index contributed by atoms with van der Waals surface area (Å²) in [4.78, 5) is 160. The van der Waals surface area contributed by atoms with Gasteiger partial charge in [-0.1, -0.05) is 122 Å². The fourth-order valence-electron chi connectivity index (χ4n) is 11.7. The Balaban J connectivity index is 1.15. The average molecular weight is 1440 g/mol. The van der Waals surface area contributed by atoms with Crippen LogP contribution in [0.3, 0.4) is 0 Å². The highest BCUT2D eigenvalue weighted by Gasteiger charge is 2.40. The van der Waals surface area contributed by atoms with E-state index in [1.165, 1.54) is 43.0 Å². The highest BCUT2D eigenvalue weighted by Crippen LogP contribution is 2.23. The Morgan fingerprint density at radius 1 is 0.549 bits per heavy atom. The minimum Gasteiger partial charge on any atom is -0.508 e. The lowest BCUT2D eigenvalue weighted by Crippen LogP contribution is -2.62. The molecule has 1 aromatic heterocycles. The van der Waals surface area contributed by atoms with E-state index in [0.717, 1.165) is 0 Å². The predicted octanol–water partition coefficient (Wildman–Crippen LogP) is 1.87. The highest BCUT2D eigenvalue weighted by atomic mass is 35.5. The third-order valence-corrected chi connectivity index (χ3v) is 17.6. The van der Waals surface area contributed by atoms with Gasteiger partial charge in [-0.3, -0.25) is 58.1 Å². The molecule has 7 rings (SSSR count). The number of rotatable bonds is 36. The van der Waals surface area contributed by atoms with Crippen LogP contribution >= 0.6 is 23.2 Å². The van der Waals surface area contributed by atoms with Crippen molar-refractivity contribution in [2.45, 2.75) is 152 Å². The standard InChI is InChI=1S/C72H89Cl2N15O13/c1-40(2)32-54(63(94)82-53(16-10-30-78-72(76)77)71(102)89-31-11-17-61(89)70(101)80-41(3)62(75)93)83-65(96)56(33-43-12-6-5-7-13-43)85-66(97)58(36-46-22-28-50(92)29-23-46)86-69(100)60(39-90)88-68(99)59(37-47-38-79-52-15-9-8-14-51(47)52)87-67(98)57(35-45-20-26-49(74)27-21-45)84-64(95)55(81-42(4)91)34-44-18-24-48(73)25-19-44/h5-9,12-15,18-29,38,40-41,53-61,79,90,92H,10-11,16-17,30-37,39H2,1-4H3,(H2,75,93)(H,80,101)(H,81,91)(H,82,94)(H,83,96)(H,84,95)(H,85,97)(H,86,100)(H,87,98)(H,88,99)(H4,76,77,78)/t41-,53+,54+,55-,56-,57-,58+,59-,60+,61+/m1/s1. The maximum Gasteiger partial charge on any atom is 0.245 e. The summed E-state index contributed by atoms with van der Waals surface area (Å²) in [7, 11) is 0. The number of hydrogen-bond donors (Lipinski definition) is 16. The van der Waals surface area contributed by atoms with E-state index in [1.807, 2.05) is 0 Å². The number of nitrogens with one attached hydrogen (secondary N) is 12. The lowest BCUT2D eigenvalue weighted by Gasteiger charge is -2.31. The Morgan fingerprint density at radius 2 is 0.980 bits per heavy atom. The van der Waals surface area contributed by atoms with Crippen molar-refractivity contribution in [3.8, 4) is 5.75 Å². The molecular formula is C72H89Cl2N15O13. The van der Waals surface area contributed by atoms with Gasteiger partial charge in [-0.15, -0.1) is 0 Å². The molecule has 28 nitrogen and oxygen atoms in total. The summed E-state index contributed by atoms with van der Waals surface area (Å²) in [5, 5.41) is 57.3. The van der Waals surface area contributed by atoms with Crippen molar-refractivity contribution in [2.24, 2.45) is 17.4 Å². The first kappa shape index (κ1) is 78.8. The molecule has 1 saturated heterocycles. The summed E-state index contributed by atoms with van der Waals surface area (Å²) < 4.78 is 0. The van der Waals surface area contributed by atoms with Crippen LogP contribution in [0.4, 0.5) is 0 Å². The van der Waals surface area contributed by atoms with Crippen LogP contribution in [0.1, 0.15) is 87.6 Å². The second-order valence-electron chi connectivity index (χ2n) is 25.6. The number of aliphatic hydroxyl groups excluding tert-OH is 1. The van der Waals surface area contributed by atoms with Gasteiger partial charge in [-0.05, 0) is 115 Å². The van der Waals surface area contributed by atoms with Gasteiger partial charge in [0.05, 0.1) is 6.61 Å². The van der Waals surface area contributed by atoms with Gasteiger partial charge in [0.25, 0.3) is 0 Å². The summed E-state index contributed by atoms with van der Waals surface area (Å²) in [6.07, 6.45) is 1.68. The number of carbonyl (C=O) groups is 11. The molecule has 0 aliphatic carbocycles. The summed E-state index contributed by atoms with van der Waals surface area (Å²) in [5.74, 6) is -9.58. The topological polar surface area (TPSA) is 443 Å². The van der Waals surface area contributed by atoms with E-state index in [2.05, 4.69) is 58.2 Å². The molecule has 0 spiro atoms. The molecule has 2 heterocycles. The molecule has 1 aliphatic rings. The molecule has 6 aromatic rings. The number of H-pyrrole nitrogens is 1. The van der Waals surface area contributed by atoms with Gasteiger partial charge in [0, 0.05) is 79.3 Å². The number of likely N-dealkylation sites (tertiary alicyclic amines) is 1. The lowest BCUT2D eigenvalue weighted by molar-refractivity contribution is -0.142.